The molecule has 0 atom stereocenters. The molecular formula is C32H34N6O2. The van der Waals surface area contributed by atoms with Gasteiger partial charge in [0.15, 0.2) is 0 Å². The van der Waals surface area contributed by atoms with E-state index in [2.05, 4.69) is 20.4 Å². The number of hydrogen-bond acceptors (Lipinski definition) is 6. The van der Waals surface area contributed by atoms with Crippen LogP contribution in [0.15, 0.2) is 102 Å². The lowest BCUT2D eigenvalue weighted by molar-refractivity contribution is 0.304. The Morgan fingerprint density at radius 1 is 0.800 bits per heavy atom. The van der Waals surface area contributed by atoms with Crippen LogP contribution in [-0.4, -0.2) is 32.2 Å². The molecule has 0 bridgehead atoms. The van der Waals surface area contributed by atoms with Gasteiger partial charge in [0, 0.05) is 29.6 Å². The highest BCUT2D eigenvalue weighted by molar-refractivity contribution is 6.04. The molecule has 8 nitrogen and oxygen atoms in total. The zero-order valence-corrected chi connectivity index (χ0v) is 22.5. The quantitative estimate of drug-likeness (QED) is 0.0871. The SMILES string of the molecule is N=C(Nc1ccc(-c2ccc(-c3ccc(OCCCCCCCCn4cncn4)cc3)o2)cc1)c1ccccn1. The second-order valence-corrected chi connectivity index (χ2v) is 9.61. The fourth-order valence-electron chi connectivity index (χ4n) is 4.42. The van der Waals surface area contributed by atoms with Gasteiger partial charge >= 0.3 is 0 Å². The lowest BCUT2D eigenvalue weighted by Gasteiger charge is -2.08. The van der Waals surface area contributed by atoms with E-state index < -0.39 is 0 Å². The third-order valence-corrected chi connectivity index (χ3v) is 6.62. The molecular weight excluding hydrogens is 500 g/mol. The molecule has 3 heterocycles. The second-order valence-electron chi connectivity index (χ2n) is 9.61. The van der Waals surface area contributed by atoms with Crippen molar-refractivity contribution in [2.24, 2.45) is 0 Å². The van der Waals surface area contributed by atoms with Crippen LogP contribution >= 0.6 is 0 Å². The Kier molecular flexibility index (Phi) is 9.33. The van der Waals surface area contributed by atoms with Gasteiger partial charge in [0.05, 0.1) is 6.61 Å². The first-order valence-electron chi connectivity index (χ1n) is 13.8. The Balaban J connectivity index is 1.03. The first-order valence-corrected chi connectivity index (χ1v) is 13.8. The van der Waals surface area contributed by atoms with E-state index in [-0.39, 0.29) is 5.84 Å². The molecule has 0 saturated carbocycles. The molecule has 0 fully saturated rings. The number of unbranched alkanes of at least 4 members (excludes halogenated alkanes) is 5. The third kappa shape index (κ3) is 7.66. The Hall–Kier alpha value is -4.72. The van der Waals surface area contributed by atoms with Crippen molar-refractivity contribution in [2.45, 2.75) is 45.1 Å². The zero-order valence-electron chi connectivity index (χ0n) is 22.5. The molecule has 0 aliphatic carbocycles. The van der Waals surface area contributed by atoms with Crippen LogP contribution in [0.4, 0.5) is 5.69 Å². The van der Waals surface area contributed by atoms with Crippen LogP contribution in [-0.2, 0) is 6.54 Å². The predicted octanol–water partition coefficient (Wildman–Crippen LogP) is 7.46. The summed E-state index contributed by atoms with van der Waals surface area (Å²) in [5, 5.41) is 15.4. The largest absolute Gasteiger partial charge is 0.494 e. The maximum atomic E-state index is 8.20. The number of hydrogen-bond donors (Lipinski definition) is 2. The van der Waals surface area contributed by atoms with E-state index in [1.54, 1.807) is 24.9 Å². The minimum Gasteiger partial charge on any atom is -0.494 e. The van der Waals surface area contributed by atoms with Crippen LogP contribution in [0.3, 0.4) is 0 Å². The van der Waals surface area contributed by atoms with Crippen molar-refractivity contribution in [1.82, 2.24) is 19.7 Å². The van der Waals surface area contributed by atoms with Gasteiger partial charge in [0.1, 0.15) is 41.5 Å². The molecule has 40 heavy (non-hydrogen) atoms. The van der Waals surface area contributed by atoms with Crippen molar-refractivity contribution in [3.05, 3.63) is 103 Å². The maximum absolute atomic E-state index is 8.20. The standard InChI is InChI=1S/C32H34N6O2/c33-32(29-9-5-6-20-35-29)37-27-14-10-25(11-15-27)30-18-19-31(40-30)26-12-16-28(17-13-26)39-22-8-4-2-1-3-7-21-38-24-34-23-36-38/h5-6,9-20,23-24H,1-4,7-8,21-22H2,(H2,33,37). The first kappa shape index (κ1) is 26.9. The number of benzene rings is 2. The van der Waals surface area contributed by atoms with Crippen molar-refractivity contribution in [3.8, 4) is 28.4 Å². The Morgan fingerprint density at radius 3 is 2.17 bits per heavy atom. The number of pyridine rings is 1. The van der Waals surface area contributed by atoms with Crippen molar-refractivity contribution in [1.29, 1.82) is 5.41 Å². The summed E-state index contributed by atoms with van der Waals surface area (Å²) >= 11 is 0. The summed E-state index contributed by atoms with van der Waals surface area (Å²) in [5.74, 6) is 2.74. The lowest BCUT2D eigenvalue weighted by atomic mass is 10.1. The molecule has 0 saturated heterocycles. The van der Waals surface area contributed by atoms with Gasteiger partial charge in [-0.25, -0.2) is 4.98 Å². The second kappa shape index (κ2) is 13.9. The minimum absolute atomic E-state index is 0.257. The minimum atomic E-state index is 0.257. The van der Waals surface area contributed by atoms with E-state index in [0.717, 1.165) is 60.1 Å². The number of nitrogens with one attached hydrogen (secondary N) is 2. The molecule has 0 aliphatic rings. The molecule has 2 aromatic carbocycles. The van der Waals surface area contributed by atoms with E-state index in [9.17, 15) is 0 Å². The number of ether oxygens (including phenoxy) is 1. The molecule has 5 aromatic rings. The average Bonchev–Trinajstić information content (AvgIpc) is 3.71. The van der Waals surface area contributed by atoms with Gasteiger partial charge < -0.3 is 14.5 Å². The fraction of sp³-hybridized carbons (Fsp3) is 0.250. The molecule has 0 aliphatic heterocycles. The van der Waals surface area contributed by atoms with Gasteiger partial charge in [0.2, 0.25) is 0 Å². The van der Waals surface area contributed by atoms with Gasteiger partial charge in [0.25, 0.3) is 0 Å². The highest BCUT2D eigenvalue weighted by Crippen LogP contribution is 2.30. The van der Waals surface area contributed by atoms with E-state index in [0.29, 0.717) is 5.69 Å². The van der Waals surface area contributed by atoms with Crippen LogP contribution in [0.2, 0.25) is 0 Å². The van der Waals surface area contributed by atoms with E-state index >= 15 is 0 Å². The number of furan rings is 1. The van der Waals surface area contributed by atoms with Gasteiger partial charge in [-0.3, -0.25) is 15.1 Å². The summed E-state index contributed by atoms with van der Waals surface area (Å²) in [4.78, 5) is 8.17. The Labute approximate surface area is 234 Å². The van der Waals surface area contributed by atoms with Gasteiger partial charge in [-0.2, -0.15) is 5.10 Å². The van der Waals surface area contributed by atoms with E-state index in [4.69, 9.17) is 14.6 Å². The van der Waals surface area contributed by atoms with Crippen molar-refractivity contribution < 1.29 is 9.15 Å². The average molecular weight is 535 g/mol. The fourth-order valence-corrected chi connectivity index (χ4v) is 4.42. The van der Waals surface area contributed by atoms with Gasteiger partial charge in [-0.1, -0.05) is 31.7 Å². The summed E-state index contributed by atoms with van der Waals surface area (Å²) in [7, 11) is 0. The first-order chi connectivity index (χ1) is 19.7. The van der Waals surface area contributed by atoms with Crippen molar-refractivity contribution >= 4 is 11.5 Å². The van der Waals surface area contributed by atoms with Crippen molar-refractivity contribution in [3.63, 3.8) is 0 Å². The summed E-state index contributed by atoms with van der Waals surface area (Å²) < 4.78 is 14.0. The summed E-state index contributed by atoms with van der Waals surface area (Å²) in [5.41, 5.74) is 3.39. The van der Waals surface area contributed by atoms with Crippen molar-refractivity contribution in [2.75, 3.05) is 11.9 Å². The monoisotopic (exact) mass is 534 g/mol. The van der Waals surface area contributed by atoms with Crippen LogP contribution in [0.1, 0.15) is 44.2 Å². The molecule has 5 rings (SSSR count). The zero-order chi connectivity index (χ0) is 27.4. The third-order valence-electron chi connectivity index (χ3n) is 6.62. The molecule has 0 spiro atoms. The Bertz CT molecular complexity index is 1450. The number of amidine groups is 1. The van der Waals surface area contributed by atoms with Crippen LogP contribution in [0.5, 0.6) is 5.75 Å². The van der Waals surface area contributed by atoms with E-state index in [1.807, 2.05) is 77.5 Å². The van der Waals surface area contributed by atoms with Crippen LogP contribution in [0, 0.1) is 5.41 Å². The summed E-state index contributed by atoms with van der Waals surface area (Å²) in [6.07, 6.45) is 12.1. The molecule has 3 aromatic heterocycles. The van der Waals surface area contributed by atoms with Gasteiger partial charge in [-0.15, -0.1) is 0 Å². The number of rotatable bonds is 14. The predicted molar refractivity (Wildman–Crippen MR) is 157 cm³/mol. The number of aryl methyl sites for hydroxylation is 1. The summed E-state index contributed by atoms with van der Waals surface area (Å²) in [6, 6.07) is 25.4. The molecule has 2 N–H and O–H groups in total. The number of nitrogens with zero attached hydrogens (tertiary/aromatic N) is 4. The van der Waals surface area contributed by atoms with Gasteiger partial charge in [-0.05, 0) is 85.6 Å². The molecule has 204 valence electrons. The number of anilines is 1. The molecule has 0 amide bonds. The van der Waals surface area contributed by atoms with E-state index in [1.165, 1.54) is 25.7 Å². The highest BCUT2D eigenvalue weighted by Gasteiger charge is 2.09. The van der Waals surface area contributed by atoms with Crippen LogP contribution in [0.25, 0.3) is 22.6 Å². The normalized spacial score (nSPS) is 10.9. The molecule has 0 radical (unpaired) electrons. The molecule has 0 unspecified atom stereocenters. The summed E-state index contributed by atoms with van der Waals surface area (Å²) in [6.45, 7) is 1.68. The van der Waals surface area contributed by atoms with Crippen LogP contribution < -0.4 is 10.1 Å². The Morgan fingerprint density at radius 2 is 1.50 bits per heavy atom. The lowest BCUT2D eigenvalue weighted by Crippen LogP contribution is -2.13. The maximum Gasteiger partial charge on any atom is 0.148 e. The topological polar surface area (TPSA) is 102 Å². The number of aromatic nitrogens is 4. The molecule has 8 heteroatoms. The highest BCUT2D eigenvalue weighted by atomic mass is 16.5. The smallest absolute Gasteiger partial charge is 0.148 e.